The van der Waals surface area contributed by atoms with Gasteiger partial charge >= 0.3 is 0 Å². The Hall–Kier alpha value is -2.18. The minimum absolute atomic E-state index is 0.0246. The van der Waals surface area contributed by atoms with Gasteiger partial charge in [0.25, 0.3) is 5.69 Å². The molecule has 0 atom stereocenters. The van der Waals surface area contributed by atoms with E-state index in [1.807, 2.05) is 0 Å². The number of benzene rings is 1. The number of hydrogen-bond acceptors (Lipinski definition) is 4. The molecule has 0 saturated heterocycles. The molecule has 2 N–H and O–H groups in total. The van der Waals surface area contributed by atoms with Gasteiger partial charge in [-0.05, 0) is 31.4 Å². The van der Waals surface area contributed by atoms with E-state index in [9.17, 15) is 19.3 Å². The number of nitrogens with one attached hydrogen (secondary N) is 2. The fourth-order valence-electron chi connectivity index (χ4n) is 1.84. The monoisotopic (exact) mass is 281 g/mol. The Bertz CT molecular complexity index is 544. The molecule has 20 heavy (non-hydrogen) atoms. The van der Waals surface area contributed by atoms with Crippen molar-refractivity contribution < 1.29 is 14.1 Å². The third kappa shape index (κ3) is 3.43. The lowest BCUT2D eigenvalue weighted by molar-refractivity contribution is -0.384. The van der Waals surface area contributed by atoms with Crippen molar-refractivity contribution in [3.63, 3.8) is 0 Å². The normalized spacial score (nSPS) is 13.9. The summed E-state index contributed by atoms with van der Waals surface area (Å²) in [5, 5.41) is 16.5. The molecule has 1 aromatic carbocycles. The third-order valence-electron chi connectivity index (χ3n) is 3.16. The number of nitrogens with zero attached hydrogens (tertiary/aromatic N) is 1. The number of anilines is 1. The zero-order valence-corrected chi connectivity index (χ0v) is 11.1. The summed E-state index contributed by atoms with van der Waals surface area (Å²) in [7, 11) is 0. The highest BCUT2D eigenvalue weighted by Gasteiger charge is 2.29. The highest BCUT2D eigenvalue weighted by Crippen LogP contribution is 2.29. The largest absolute Gasteiger partial charge is 0.378 e. The minimum Gasteiger partial charge on any atom is -0.378 e. The average Bonchev–Trinajstić information content (AvgIpc) is 3.22. The van der Waals surface area contributed by atoms with Crippen LogP contribution < -0.4 is 10.6 Å². The van der Waals surface area contributed by atoms with Crippen LogP contribution in [0.1, 0.15) is 18.4 Å². The van der Waals surface area contributed by atoms with Gasteiger partial charge in [0.15, 0.2) is 0 Å². The zero-order chi connectivity index (χ0) is 14.7. The first-order valence-corrected chi connectivity index (χ1v) is 6.45. The van der Waals surface area contributed by atoms with E-state index in [-0.39, 0.29) is 23.2 Å². The summed E-state index contributed by atoms with van der Waals surface area (Å²) in [4.78, 5) is 21.6. The molecule has 108 valence electrons. The van der Waals surface area contributed by atoms with Crippen molar-refractivity contribution in [3.8, 4) is 0 Å². The van der Waals surface area contributed by atoms with Gasteiger partial charge in [-0.1, -0.05) is 0 Å². The highest BCUT2D eigenvalue weighted by atomic mass is 19.1. The Balaban J connectivity index is 1.92. The van der Waals surface area contributed by atoms with Crippen LogP contribution >= 0.6 is 0 Å². The summed E-state index contributed by atoms with van der Waals surface area (Å²) in [6, 6.07) is 2.30. The second-order valence-electron chi connectivity index (χ2n) is 4.87. The molecule has 1 aliphatic carbocycles. The molecule has 0 radical (unpaired) electrons. The zero-order valence-electron chi connectivity index (χ0n) is 11.1. The first-order chi connectivity index (χ1) is 9.49. The lowest BCUT2D eigenvalue weighted by Crippen LogP contribution is -2.29. The van der Waals surface area contributed by atoms with Crippen LogP contribution in [0, 0.1) is 28.8 Å². The van der Waals surface area contributed by atoms with Gasteiger partial charge in [0.2, 0.25) is 5.91 Å². The highest BCUT2D eigenvalue weighted by molar-refractivity contribution is 5.80. The number of nitro benzene ring substituents is 1. The Morgan fingerprint density at radius 1 is 1.45 bits per heavy atom. The van der Waals surface area contributed by atoms with Crippen LogP contribution in [0.15, 0.2) is 12.1 Å². The SMILES string of the molecule is Cc1cc(NCCNC(=O)C2CC2)c([N+](=O)[O-])cc1F. The topological polar surface area (TPSA) is 84.3 Å². The number of hydrogen-bond donors (Lipinski definition) is 2. The Morgan fingerprint density at radius 3 is 2.75 bits per heavy atom. The van der Waals surface area contributed by atoms with E-state index >= 15 is 0 Å². The van der Waals surface area contributed by atoms with E-state index in [4.69, 9.17) is 0 Å². The first kappa shape index (κ1) is 14.2. The fourth-order valence-corrected chi connectivity index (χ4v) is 1.84. The predicted molar refractivity (Wildman–Crippen MR) is 72.0 cm³/mol. The van der Waals surface area contributed by atoms with Crippen LogP contribution in [0.4, 0.5) is 15.8 Å². The smallest absolute Gasteiger partial charge is 0.295 e. The van der Waals surface area contributed by atoms with Crippen LogP contribution in [0.25, 0.3) is 0 Å². The molecule has 2 rings (SSSR count). The summed E-state index contributed by atoms with van der Waals surface area (Å²) < 4.78 is 13.3. The Morgan fingerprint density at radius 2 is 2.15 bits per heavy atom. The molecule has 6 nitrogen and oxygen atoms in total. The van der Waals surface area contributed by atoms with Gasteiger partial charge in [-0.2, -0.15) is 0 Å². The summed E-state index contributed by atoms with van der Waals surface area (Å²) >= 11 is 0. The van der Waals surface area contributed by atoms with E-state index in [1.54, 1.807) is 6.92 Å². The molecule has 1 saturated carbocycles. The minimum atomic E-state index is -0.631. The van der Waals surface area contributed by atoms with Crippen molar-refractivity contribution in [1.82, 2.24) is 5.32 Å². The van der Waals surface area contributed by atoms with Crippen molar-refractivity contribution in [2.24, 2.45) is 5.92 Å². The van der Waals surface area contributed by atoms with Crippen LogP contribution in [0.3, 0.4) is 0 Å². The Kier molecular flexibility index (Phi) is 4.16. The fraction of sp³-hybridized carbons (Fsp3) is 0.462. The van der Waals surface area contributed by atoms with Gasteiger partial charge in [0.05, 0.1) is 11.0 Å². The maximum Gasteiger partial charge on any atom is 0.295 e. The molecule has 0 aliphatic heterocycles. The van der Waals surface area contributed by atoms with Crippen LogP contribution in [0.5, 0.6) is 0 Å². The quantitative estimate of drug-likeness (QED) is 0.474. The average molecular weight is 281 g/mol. The second kappa shape index (κ2) is 5.85. The van der Waals surface area contributed by atoms with Crippen LogP contribution in [-0.4, -0.2) is 23.9 Å². The van der Waals surface area contributed by atoms with Crippen molar-refractivity contribution in [2.75, 3.05) is 18.4 Å². The lowest BCUT2D eigenvalue weighted by Gasteiger charge is -2.09. The summed E-state index contributed by atoms with van der Waals surface area (Å²) in [5.74, 6) is -0.446. The van der Waals surface area contributed by atoms with Gasteiger partial charge < -0.3 is 10.6 Å². The van der Waals surface area contributed by atoms with E-state index in [1.165, 1.54) is 6.07 Å². The maximum absolute atomic E-state index is 13.3. The van der Waals surface area contributed by atoms with Crippen molar-refractivity contribution in [3.05, 3.63) is 33.6 Å². The molecule has 0 aromatic heterocycles. The van der Waals surface area contributed by atoms with Crippen molar-refractivity contribution in [2.45, 2.75) is 19.8 Å². The number of aryl methyl sites for hydroxylation is 1. The molecule has 1 aliphatic rings. The van der Waals surface area contributed by atoms with E-state index in [0.717, 1.165) is 18.9 Å². The van der Waals surface area contributed by atoms with E-state index < -0.39 is 10.7 Å². The van der Waals surface area contributed by atoms with E-state index in [0.29, 0.717) is 18.7 Å². The first-order valence-electron chi connectivity index (χ1n) is 6.45. The summed E-state index contributed by atoms with van der Waals surface area (Å²) in [6.07, 6.45) is 1.86. The number of rotatable bonds is 6. The van der Waals surface area contributed by atoms with Crippen LogP contribution in [0.2, 0.25) is 0 Å². The molecule has 0 spiro atoms. The second-order valence-corrected chi connectivity index (χ2v) is 4.87. The number of halogens is 1. The van der Waals surface area contributed by atoms with Gasteiger partial charge in [-0.15, -0.1) is 0 Å². The van der Waals surface area contributed by atoms with Gasteiger partial charge in [-0.3, -0.25) is 14.9 Å². The molecule has 7 heteroatoms. The molecule has 0 heterocycles. The number of carbonyl (C=O) groups excluding carboxylic acids is 1. The van der Waals surface area contributed by atoms with Crippen molar-refractivity contribution >= 4 is 17.3 Å². The molecule has 1 fully saturated rings. The Labute approximate surface area is 115 Å². The molecule has 1 amide bonds. The molecule has 1 aromatic rings. The molecule has 0 bridgehead atoms. The molecular formula is C13H16FN3O3. The van der Waals surface area contributed by atoms with E-state index in [2.05, 4.69) is 10.6 Å². The molecular weight excluding hydrogens is 265 g/mol. The number of nitro groups is 1. The summed E-state index contributed by atoms with van der Waals surface area (Å²) in [6.45, 7) is 2.27. The van der Waals surface area contributed by atoms with Crippen molar-refractivity contribution in [1.29, 1.82) is 0 Å². The predicted octanol–water partition coefficient (Wildman–Crippen LogP) is 1.98. The third-order valence-corrected chi connectivity index (χ3v) is 3.16. The summed E-state index contributed by atoms with van der Waals surface area (Å²) in [5.41, 5.74) is 0.288. The lowest BCUT2D eigenvalue weighted by atomic mass is 10.2. The van der Waals surface area contributed by atoms with Gasteiger partial charge in [-0.25, -0.2) is 4.39 Å². The molecule has 0 unspecified atom stereocenters. The van der Waals surface area contributed by atoms with Gasteiger partial charge in [0.1, 0.15) is 11.5 Å². The maximum atomic E-state index is 13.3. The standard InChI is InChI=1S/C13H16FN3O3/c1-8-6-11(12(17(19)20)7-10(8)14)15-4-5-16-13(18)9-2-3-9/h6-7,9,15H,2-5H2,1H3,(H,16,18). The van der Waals surface area contributed by atoms with Gasteiger partial charge in [0, 0.05) is 19.0 Å². The van der Waals surface area contributed by atoms with Crippen LogP contribution in [-0.2, 0) is 4.79 Å². The number of amides is 1. The number of carbonyl (C=O) groups is 1.